The Balaban J connectivity index is 0.00000338. The van der Waals surface area contributed by atoms with Gasteiger partial charge in [-0.1, -0.05) is 6.92 Å². The van der Waals surface area contributed by atoms with Crippen LogP contribution in [0, 0.1) is 0 Å². The Morgan fingerprint density at radius 2 is 2.00 bits per heavy atom. The average Bonchev–Trinajstić information content (AvgIpc) is 2.68. The Kier molecular flexibility index (Phi) is 10.8. The summed E-state index contributed by atoms with van der Waals surface area (Å²) in [6, 6.07) is 7.09. The number of nitrogens with zero attached hydrogens (tertiary/aromatic N) is 2. The van der Waals surface area contributed by atoms with Gasteiger partial charge in [-0.25, -0.2) is 0 Å². The molecule has 0 aliphatic carbocycles. The van der Waals surface area contributed by atoms with Crippen molar-refractivity contribution in [2.75, 3.05) is 46.1 Å². The first-order valence-corrected chi connectivity index (χ1v) is 9.72. The van der Waals surface area contributed by atoms with Crippen molar-refractivity contribution in [3.8, 4) is 5.75 Å². The number of aliphatic imine (C=N–C) groups is 1. The minimum absolute atomic E-state index is 0. The molecule has 1 atom stereocenters. The Bertz CT molecular complexity index is 583. The molecule has 0 radical (unpaired) electrons. The smallest absolute Gasteiger partial charge is 0.251 e. The number of halogens is 1. The zero-order chi connectivity index (χ0) is 18.1. The second-order valence-electron chi connectivity index (χ2n) is 5.81. The highest BCUT2D eigenvalue weighted by Crippen LogP contribution is 2.20. The Labute approximate surface area is 177 Å². The van der Waals surface area contributed by atoms with Gasteiger partial charge in [0.15, 0.2) is 5.96 Å². The number of hydrogen-bond donors (Lipinski definition) is 2. The highest BCUT2D eigenvalue weighted by atomic mass is 127. The molecule has 1 aromatic rings. The molecule has 146 valence electrons. The number of methoxy groups -OCH3 is 1. The maximum Gasteiger partial charge on any atom is 0.251 e. The van der Waals surface area contributed by atoms with Crippen molar-refractivity contribution in [3.63, 3.8) is 0 Å². The summed E-state index contributed by atoms with van der Waals surface area (Å²) in [5.74, 6) is 2.71. The van der Waals surface area contributed by atoms with E-state index in [4.69, 9.17) is 4.74 Å². The molecule has 0 saturated carbocycles. The molecule has 1 amide bonds. The Morgan fingerprint density at radius 3 is 2.62 bits per heavy atom. The third-order valence-electron chi connectivity index (χ3n) is 4.15. The highest BCUT2D eigenvalue weighted by Gasteiger charge is 2.21. The predicted octanol–water partition coefficient (Wildman–Crippen LogP) is 2.45. The second kappa shape index (κ2) is 12.3. The number of carbonyl (C=O) groups is 1. The summed E-state index contributed by atoms with van der Waals surface area (Å²) in [6.45, 7) is 5.46. The molecule has 0 aromatic heterocycles. The van der Waals surface area contributed by atoms with Gasteiger partial charge in [0, 0.05) is 49.8 Å². The van der Waals surface area contributed by atoms with Crippen LogP contribution in [0.4, 0.5) is 0 Å². The molecule has 1 heterocycles. The van der Waals surface area contributed by atoms with E-state index in [9.17, 15) is 4.79 Å². The molecule has 1 aromatic carbocycles. The summed E-state index contributed by atoms with van der Waals surface area (Å²) in [7, 11) is 3.42. The van der Waals surface area contributed by atoms with Gasteiger partial charge in [0.2, 0.25) is 0 Å². The number of guanidine groups is 1. The van der Waals surface area contributed by atoms with E-state index >= 15 is 0 Å². The molecule has 0 spiro atoms. The van der Waals surface area contributed by atoms with Gasteiger partial charge in [0.1, 0.15) is 5.75 Å². The fourth-order valence-electron chi connectivity index (χ4n) is 2.69. The number of thioether (sulfide) groups is 1. The molecule has 1 fully saturated rings. The molecule has 1 aliphatic rings. The number of amides is 1. The molecule has 8 heteroatoms. The number of rotatable bonds is 6. The van der Waals surface area contributed by atoms with Crippen LogP contribution in [-0.4, -0.2) is 68.1 Å². The summed E-state index contributed by atoms with van der Waals surface area (Å²) in [5.41, 5.74) is 0.629. The SMILES string of the molecule is CCC1CN(C(=NC)NCCNC(=O)c2ccc(OC)cc2)CCS1.I. The lowest BCUT2D eigenvalue weighted by Crippen LogP contribution is -2.49. The van der Waals surface area contributed by atoms with Crippen LogP contribution in [0.15, 0.2) is 29.3 Å². The fourth-order valence-corrected chi connectivity index (χ4v) is 3.87. The van der Waals surface area contributed by atoms with E-state index in [1.807, 2.05) is 11.8 Å². The average molecular weight is 492 g/mol. The number of ether oxygens (including phenoxy) is 1. The number of nitrogens with one attached hydrogen (secondary N) is 2. The molecular weight excluding hydrogens is 463 g/mol. The largest absolute Gasteiger partial charge is 0.497 e. The first-order valence-electron chi connectivity index (χ1n) is 8.67. The Morgan fingerprint density at radius 1 is 1.31 bits per heavy atom. The summed E-state index contributed by atoms with van der Waals surface area (Å²) >= 11 is 2.04. The molecule has 1 aliphatic heterocycles. The lowest BCUT2D eigenvalue weighted by molar-refractivity contribution is 0.0954. The van der Waals surface area contributed by atoms with Crippen molar-refractivity contribution in [3.05, 3.63) is 29.8 Å². The van der Waals surface area contributed by atoms with Crippen molar-refractivity contribution in [1.29, 1.82) is 0 Å². The number of benzene rings is 1. The highest BCUT2D eigenvalue weighted by molar-refractivity contribution is 14.0. The summed E-state index contributed by atoms with van der Waals surface area (Å²) < 4.78 is 5.10. The molecular formula is C18H29IN4O2S. The van der Waals surface area contributed by atoms with Crippen LogP contribution in [0.25, 0.3) is 0 Å². The molecule has 1 unspecified atom stereocenters. The minimum atomic E-state index is -0.0835. The van der Waals surface area contributed by atoms with E-state index in [0.29, 0.717) is 23.9 Å². The van der Waals surface area contributed by atoms with Crippen LogP contribution in [0.3, 0.4) is 0 Å². The van der Waals surface area contributed by atoms with E-state index < -0.39 is 0 Å². The van der Waals surface area contributed by atoms with Crippen molar-refractivity contribution in [2.45, 2.75) is 18.6 Å². The van der Waals surface area contributed by atoms with Crippen LogP contribution in [-0.2, 0) is 0 Å². The number of hydrogen-bond acceptors (Lipinski definition) is 4. The van der Waals surface area contributed by atoms with Crippen molar-refractivity contribution in [1.82, 2.24) is 15.5 Å². The van der Waals surface area contributed by atoms with Crippen LogP contribution in [0.2, 0.25) is 0 Å². The van der Waals surface area contributed by atoms with E-state index in [1.165, 1.54) is 6.42 Å². The topological polar surface area (TPSA) is 66.0 Å². The lowest BCUT2D eigenvalue weighted by atomic mass is 10.2. The van der Waals surface area contributed by atoms with Crippen molar-refractivity contribution in [2.24, 2.45) is 4.99 Å². The van der Waals surface area contributed by atoms with Gasteiger partial charge in [0.05, 0.1) is 7.11 Å². The van der Waals surface area contributed by atoms with Gasteiger partial charge in [0.25, 0.3) is 5.91 Å². The first kappa shape index (κ1) is 22.9. The molecule has 2 rings (SSSR count). The van der Waals surface area contributed by atoms with E-state index in [1.54, 1.807) is 38.4 Å². The van der Waals surface area contributed by atoms with Gasteiger partial charge in [-0.2, -0.15) is 11.8 Å². The van der Waals surface area contributed by atoms with Gasteiger partial charge in [-0.15, -0.1) is 24.0 Å². The van der Waals surface area contributed by atoms with Gasteiger partial charge in [-0.05, 0) is 30.7 Å². The van der Waals surface area contributed by atoms with Gasteiger partial charge >= 0.3 is 0 Å². The third-order valence-corrected chi connectivity index (χ3v) is 5.52. The van der Waals surface area contributed by atoms with Crippen LogP contribution >= 0.6 is 35.7 Å². The van der Waals surface area contributed by atoms with Crippen molar-refractivity contribution < 1.29 is 9.53 Å². The Hall–Kier alpha value is -1.16. The van der Waals surface area contributed by atoms with Gasteiger partial charge in [-0.3, -0.25) is 9.79 Å². The van der Waals surface area contributed by atoms with Crippen LogP contribution in [0.5, 0.6) is 5.75 Å². The van der Waals surface area contributed by atoms with Gasteiger partial charge < -0.3 is 20.3 Å². The first-order chi connectivity index (χ1) is 12.2. The molecule has 2 N–H and O–H groups in total. The zero-order valence-corrected chi connectivity index (χ0v) is 18.8. The van der Waals surface area contributed by atoms with E-state index in [2.05, 4.69) is 27.4 Å². The standard InChI is InChI=1S/C18H28N4O2S.HI/c1-4-16-13-22(11-12-25-16)18(19-2)21-10-9-20-17(23)14-5-7-15(24-3)8-6-14;/h5-8,16H,4,9-13H2,1-3H3,(H,19,21)(H,20,23);1H. The van der Waals surface area contributed by atoms with E-state index in [0.717, 1.165) is 30.6 Å². The van der Waals surface area contributed by atoms with E-state index in [-0.39, 0.29) is 29.9 Å². The quantitative estimate of drug-likeness (QED) is 0.277. The second-order valence-corrected chi connectivity index (χ2v) is 7.21. The molecule has 6 nitrogen and oxygen atoms in total. The molecule has 1 saturated heterocycles. The zero-order valence-electron chi connectivity index (χ0n) is 15.7. The molecule has 26 heavy (non-hydrogen) atoms. The maximum absolute atomic E-state index is 12.1. The normalized spacial score (nSPS) is 17.3. The molecule has 0 bridgehead atoms. The summed E-state index contributed by atoms with van der Waals surface area (Å²) in [4.78, 5) is 18.8. The van der Waals surface area contributed by atoms with Crippen molar-refractivity contribution >= 4 is 47.6 Å². The van der Waals surface area contributed by atoms with Crippen LogP contribution < -0.4 is 15.4 Å². The maximum atomic E-state index is 12.1. The predicted molar refractivity (Wildman–Crippen MR) is 120 cm³/mol. The third kappa shape index (κ3) is 6.86. The van der Waals surface area contributed by atoms with Crippen LogP contribution in [0.1, 0.15) is 23.7 Å². The summed E-state index contributed by atoms with van der Waals surface area (Å²) in [5, 5.41) is 6.93. The monoisotopic (exact) mass is 492 g/mol. The lowest BCUT2D eigenvalue weighted by Gasteiger charge is -2.34. The summed E-state index contributed by atoms with van der Waals surface area (Å²) in [6.07, 6.45) is 1.18. The minimum Gasteiger partial charge on any atom is -0.497 e. The number of carbonyl (C=O) groups excluding carboxylic acids is 1. The fraction of sp³-hybridized carbons (Fsp3) is 0.556.